The van der Waals surface area contributed by atoms with Crippen molar-refractivity contribution in [2.24, 2.45) is 0 Å². The van der Waals surface area contributed by atoms with Gasteiger partial charge in [-0.15, -0.1) is 0 Å². The van der Waals surface area contributed by atoms with Crippen LogP contribution in [0.5, 0.6) is 5.75 Å². The molecule has 0 saturated heterocycles. The number of ether oxygens (including phenoxy) is 1. The van der Waals surface area contributed by atoms with E-state index in [4.69, 9.17) is 4.74 Å². The molecule has 0 bridgehead atoms. The fourth-order valence-electron chi connectivity index (χ4n) is 1.28. The zero-order valence-corrected chi connectivity index (χ0v) is 8.50. The smallest absolute Gasteiger partial charge is 0.118 e. The molecule has 0 aromatic heterocycles. The molecule has 0 heterocycles. The average molecular weight is 176 g/mol. The van der Waals surface area contributed by atoms with Crippen molar-refractivity contribution in [3.8, 4) is 5.75 Å². The second kappa shape index (κ2) is 4.70. The van der Waals surface area contributed by atoms with E-state index >= 15 is 0 Å². The van der Waals surface area contributed by atoms with Gasteiger partial charge in [0, 0.05) is 0 Å². The molecule has 13 heavy (non-hydrogen) atoms. The fourth-order valence-corrected chi connectivity index (χ4v) is 1.28. The first-order valence-electron chi connectivity index (χ1n) is 4.59. The molecular formula is C12H16O. The fraction of sp³-hybridized carbons (Fsp3) is 0.333. The highest BCUT2D eigenvalue weighted by molar-refractivity contribution is 5.64. The van der Waals surface area contributed by atoms with Gasteiger partial charge >= 0.3 is 0 Å². The SMILES string of the molecule is CC/C=C(/C)c1ccc(OC)cc1. The Balaban J connectivity index is 2.85. The summed E-state index contributed by atoms with van der Waals surface area (Å²) in [5, 5.41) is 0. The Morgan fingerprint density at radius 3 is 2.38 bits per heavy atom. The van der Waals surface area contributed by atoms with Gasteiger partial charge in [-0.2, -0.15) is 0 Å². The number of methoxy groups -OCH3 is 1. The zero-order chi connectivity index (χ0) is 9.68. The van der Waals surface area contributed by atoms with E-state index in [1.165, 1.54) is 11.1 Å². The van der Waals surface area contributed by atoms with Gasteiger partial charge in [-0.1, -0.05) is 25.1 Å². The first-order chi connectivity index (χ1) is 6.27. The maximum Gasteiger partial charge on any atom is 0.118 e. The molecule has 0 saturated carbocycles. The number of rotatable bonds is 3. The summed E-state index contributed by atoms with van der Waals surface area (Å²) >= 11 is 0. The normalized spacial score (nSPS) is 11.5. The highest BCUT2D eigenvalue weighted by atomic mass is 16.5. The van der Waals surface area contributed by atoms with Crippen LogP contribution >= 0.6 is 0 Å². The molecule has 0 spiro atoms. The lowest BCUT2D eigenvalue weighted by Crippen LogP contribution is -1.83. The molecule has 0 unspecified atom stereocenters. The standard InChI is InChI=1S/C12H16O/c1-4-5-10(2)11-6-8-12(13-3)9-7-11/h5-9H,4H2,1-3H3/b10-5-. The van der Waals surface area contributed by atoms with Crippen LogP contribution in [0.15, 0.2) is 30.3 Å². The van der Waals surface area contributed by atoms with E-state index in [1.807, 2.05) is 12.1 Å². The number of hydrogen-bond donors (Lipinski definition) is 0. The molecule has 0 aliphatic heterocycles. The van der Waals surface area contributed by atoms with Crippen molar-refractivity contribution >= 4 is 5.57 Å². The van der Waals surface area contributed by atoms with Gasteiger partial charge in [-0.3, -0.25) is 0 Å². The van der Waals surface area contributed by atoms with Gasteiger partial charge in [-0.25, -0.2) is 0 Å². The summed E-state index contributed by atoms with van der Waals surface area (Å²) in [4.78, 5) is 0. The van der Waals surface area contributed by atoms with E-state index in [1.54, 1.807) is 7.11 Å². The topological polar surface area (TPSA) is 9.23 Å². The van der Waals surface area contributed by atoms with Gasteiger partial charge in [0.1, 0.15) is 5.75 Å². The van der Waals surface area contributed by atoms with Gasteiger partial charge in [0.2, 0.25) is 0 Å². The van der Waals surface area contributed by atoms with Crippen LogP contribution in [0.3, 0.4) is 0 Å². The predicted molar refractivity (Wildman–Crippen MR) is 56.9 cm³/mol. The molecule has 1 aromatic rings. The van der Waals surface area contributed by atoms with Crippen LogP contribution in [-0.2, 0) is 0 Å². The van der Waals surface area contributed by atoms with E-state index in [-0.39, 0.29) is 0 Å². The third kappa shape index (κ3) is 2.62. The zero-order valence-electron chi connectivity index (χ0n) is 8.50. The maximum atomic E-state index is 5.09. The molecule has 0 fully saturated rings. The first kappa shape index (κ1) is 9.85. The van der Waals surface area contributed by atoms with Crippen LogP contribution in [0.2, 0.25) is 0 Å². The van der Waals surface area contributed by atoms with Crippen LogP contribution in [0, 0.1) is 0 Å². The minimum Gasteiger partial charge on any atom is -0.497 e. The van der Waals surface area contributed by atoms with Crippen molar-refractivity contribution < 1.29 is 4.74 Å². The van der Waals surface area contributed by atoms with Crippen molar-refractivity contribution in [2.45, 2.75) is 20.3 Å². The minimum atomic E-state index is 0.910. The molecule has 0 N–H and O–H groups in total. The lowest BCUT2D eigenvalue weighted by atomic mass is 10.1. The predicted octanol–water partition coefficient (Wildman–Crippen LogP) is 3.51. The maximum absolute atomic E-state index is 5.09. The Kier molecular flexibility index (Phi) is 3.56. The van der Waals surface area contributed by atoms with Crippen molar-refractivity contribution in [2.75, 3.05) is 7.11 Å². The van der Waals surface area contributed by atoms with Crippen LogP contribution < -0.4 is 4.74 Å². The lowest BCUT2D eigenvalue weighted by Gasteiger charge is -2.03. The van der Waals surface area contributed by atoms with E-state index < -0.39 is 0 Å². The van der Waals surface area contributed by atoms with Crippen molar-refractivity contribution in [3.05, 3.63) is 35.9 Å². The number of hydrogen-bond acceptors (Lipinski definition) is 1. The first-order valence-corrected chi connectivity index (χ1v) is 4.59. The largest absolute Gasteiger partial charge is 0.497 e. The lowest BCUT2D eigenvalue weighted by molar-refractivity contribution is 0.415. The third-order valence-corrected chi connectivity index (χ3v) is 2.06. The van der Waals surface area contributed by atoms with E-state index in [2.05, 4.69) is 32.1 Å². The molecule has 0 aliphatic rings. The third-order valence-electron chi connectivity index (χ3n) is 2.06. The van der Waals surface area contributed by atoms with E-state index in [0.29, 0.717) is 0 Å². The van der Waals surface area contributed by atoms with Crippen LogP contribution in [0.25, 0.3) is 5.57 Å². The van der Waals surface area contributed by atoms with Crippen LogP contribution in [-0.4, -0.2) is 7.11 Å². The Labute approximate surface area is 80.0 Å². The average Bonchev–Trinajstić information content (AvgIpc) is 2.18. The molecule has 1 rings (SSSR count). The number of benzene rings is 1. The van der Waals surface area contributed by atoms with Crippen molar-refractivity contribution in [3.63, 3.8) is 0 Å². The highest BCUT2D eigenvalue weighted by Gasteiger charge is 1.94. The minimum absolute atomic E-state index is 0.910. The molecule has 1 nitrogen and oxygen atoms in total. The molecule has 0 atom stereocenters. The molecule has 0 radical (unpaired) electrons. The quantitative estimate of drug-likeness (QED) is 0.684. The molecule has 0 aliphatic carbocycles. The summed E-state index contributed by atoms with van der Waals surface area (Å²) < 4.78 is 5.09. The number of allylic oxidation sites excluding steroid dienone is 2. The van der Waals surface area contributed by atoms with Crippen molar-refractivity contribution in [1.82, 2.24) is 0 Å². The Hall–Kier alpha value is -1.24. The Morgan fingerprint density at radius 1 is 1.31 bits per heavy atom. The highest BCUT2D eigenvalue weighted by Crippen LogP contribution is 2.18. The van der Waals surface area contributed by atoms with Crippen molar-refractivity contribution in [1.29, 1.82) is 0 Å². The van der Waals surface area contributed by atoms with Crippen LogP contribution in [0.4, 0.5) is 0 Å². The van der Waals surface area contributed by atoms with Gasteiger partial charge in [0.05, 0.1) is 7.11 Å². The second-order valence-electron chi connectivity index (χ2n) is 3.02. The van der Waals surface area contributed by atoms with Crippen LogP contribution in [0.1, 0.15) is 25.8 Å². The Bertz CT molecular complexity index is 282. The molecule has 1 heteroatoms. The second-order valence-corrected chi connectivity index (χ2v) is 3.02. The van der Waals surface area contributed by atoms with Gasteiger partial charge in [-0.05, 0) is 36.6 Å². The van der Waals surface area contributed by atoms with Gasteiger partial charge in [0.15, 0.2) is 0 Å². The summed E-state index contributed by atoms with van der Waals surface area (Å²) in [6.45, 7) is 4.28. The molecule has 1 aromatic carbocycles. The summed E-state index contributed by atoms with van der Waals surface area (Å²) in [5.74, 6) is 0.910. The molecular weight excluding hydrogens is 160 g/mol. The molecule has 0 amide bonds. The van der Waals surface area contributed by atoms with E-state index in [9.17, 15) is 0 Å². The monoisotopic (exact) mass is 176 g/mol. The molecule has 70 valence electrons. The van der Waals surface area contributed by atoms with Gasteiger partial charge < -0.3 is 4.74 Å². The summed E-state index contributed by atoms with van der Waals surface area (Å²) in [5.41, 5.74) is 2.59. The summed E-state index contributed by atoms with van der Waals surface area (Å²) in [6.07, 6.45) is 3.31. The summed E-state index contributed by atoms with van der Waals surface area (Å²) in [7, 11) is 1.68. The summed E-state index contributed by atoms with van der Waals surface area (Å²) in [6, 6.07) is 8.14. The van der Waals surface area contributed by atoms with Gasteiger partial charge in [0.25, 0.3) is 0 Å². The van der Waals surface area contributed by atoms with E-state index in [0.717, 1.165) is 12.2 Å². The Morgan fingerprint density at radius 2 is 1.92 bits per heavy atom.